The molecule has 0 radical (unpaired) electrons. The summed E-state index contributed by atoms with van der Waals surface area (Å²) in [5, 5.41) is 0. The van der Waals surface area contributed by atoms with Crippen LogP contribution in [0.2, 0.25) is 0 Å². The van der Waals surface area contributed by atoms with Crippen molar-refractivity contribution in [3.8, 4) is 0 Å². The van der Waals surface area contributed by atoms with Crippen LogP contribution in [0.4, 0.5) is 8.78 Å². The van der Waals surface area contributed by atoms with Gasteiger partial charge in [0.2, 0.25) is 6.30 Å². The molecular formula is C5H9F2N. The lowest BCUT2D eigenvalue weighted by Gasteiger charge is -2.11. The van der Waals surface area contributed by atoms with Crippen LogP contribution in [-0.2, 0) is 0 Å². The van der Waals surface area contributed by atoms with Crippen molar-refractivity contribution < 1.29 is 8.78 Å². The van der Waals surface area contributed by atoms with Gasteiger partial charge in [-0.25, -0.2) is 8.78 Å². The molecule has 0 saturated heterocycles. The minimum Gasteiger partial charge on any atom is -0.274 e. The highest BCUT2D eigenvalue weighted by Crippen LogP contribution is 2.06. The Morgan fingerprint density at radius 2 is 2.00 bits per heavy atom. The molecule has 3 heteroatoms. The number of likely N-dealkylation sites (N-methyl/N-ethyl adjacent to an activating group) is 1. The molecule has 1 atom stereocenters. The van der Waals surface area contributed by atoms with Crippen LogP contribution < -0.4 is 0 Å². The summed E-state index contributed by atoms with van der Waals surface area (Å²) in [6.45, 7) is 2.79. The van der Waals surface area contributed by atoms with E-state index >= 15 is 0 Å². The summed E-state index contributed by atoms with van der Waals surface area (Å²) in [6.07, 6.45) is -1.66. The van der Waals surface area contributed by atoms with Crippen LogP contribution in [0.15, 0.2) is 12.4 Å². The Balaban J connectivity index is 3.64. The van der Waals surface area contributed by atoms with Crippen LogP contribution in [0.1, 0.15) is 0 Å². The fourth-order valence-corrected chi connectivity index (χ4v) is 0.280. The van der Waals surface area contributed by atoms with Crippen LogP contribution in [0.3, 0.4) is 0 Å². The molecule has 1 nitrogen and oxygen atoms in total. The molecule has 0 aliphatic heterocycles. The Labute approximate surface area is 47.6 Å². The molecule has 0 aromatic heterocycles. The maximum atomic E-state index is 12.1. The van der Waals surface area contributed by atoms with Gasteiger partial charge in [-0.15, -0.1) is 0 Å². The standard InChI is InChI=1S/C5H9F2N/c1-4(6)5(7)8(2)3/h5H,1H2,2-3H3. The molecule has 1 unspecified atom stereocenters. The average molecular weight is 121 g/mol. The van der Waals surface area contributed by atoms with E-state index in [2.05, 4.69) is 6.58 Å². The van der Waals surface area contributed by atoms with E-state index < -0.39 is 12.1 Å². The molecule has 0 aromatic carbocycles. The minimum absolute atomic E-state index is 0.949. The number of hydrogen-bond donors (Lipinski definition) is 0. The van der Waals surface area contributed by atoms with E-state index in [4.69, 9.17) is 0 Å². The van der Waals surface area contributed by atoms with Gasteiger partial charge in [0.25, 0.3) is 0 Å². The summed E-state index contributed by atoms with van der Waals surface area (Å²) in [5.41, 5.74) is 0. The Kier molecular flexibility index (Phi) is 2.62. The first-order valence-corrected chi connectivity index (χ1v) is 2.20. The van der Waals surface area contributed by atoms with Crippen LogP contribution in [-0.4, -0.2) is 25.3 Å². The molecular weight excluding hydrogens is 112 g/mol. The monoisotopic (exact) mass is 121 g/mol. The predicted octanol–water partition coefficient (Wildman–Crippen LogP) is 1.33. The van der Waals surface area contributed by atoms with Gasteiger partial charge in [0.15, 0.2) is 0 Å². The minimum atomic E-state index is -1.66. The first-order valence-electron chi connectivity index (χ1n) is 2.20. The van der Waals surface area contributed by atoms with Crippen LogP contribution >= 0.6 is 0 Å². The van der Waals surface area contributed by atoms with E-state index in [0.29, 0.717) is 0 Å². The molecule has 0 saturated carbocycles. The summed E-state index contributed by atoms with van der Waals surface area (Å²) < 4.78 is 23.8. The largest absolute Gasteiger partial charge is 0.274 e. The van der Waals surface area contributed by atoms with Gasteiger partial charge in [-0.2, -0.15) is 0 Å². The second kappa shape index (κ2) is 2.77. The van der Waals surface area contributed by atoms with E-state index in [1.165, 1.54) is 14.1 Å². The first-order chi connectivity index (χ1) is 3.55. The average Bonchev–Trinajstić information content (AvgIpc) is 1.64. The summed E-state index contributed by atoms with van der Waals surface area (Å²) in [7, 11) is 2.88. The van der Waals surface area contributed by atoms with E-state index in [-0.39, 0.29) is 0 Å². The number of halogens is 2. The molecule has 0 aromatic rings. The number of alkyl halides is 1. The molecule has 0 aliphatic carbocycles. The van der Waals surface area contributed by atoms with Crippen molar-refractivity contribution >= 4 is 0 Å². The predicted molar refractivity (Wildman–Crippen MR) is 28.8 cm³/mol. The SMILES string of the molecule is C=C(F)C(F)N(C)C. The molecule has 8 heavy (non-hydrogen) atoms. The fourth-order valence-electron chi connectivity index (χ4n) is 0.280. The number of hydrogen-bond acceptors (Lipinski definition) is 1. The fraction of sp³-hybridized carbons (Fsp3) is 0.600. The molecule has 0 heterocycles. The Bertz CT molecular complexity index is 90.4. The summed E-state index contributed by atoms with van der Waals surface area (Å²) in [5.74, 6) is -0.949. The van der Waals surface area contributed by atoms with Crippen molar-refractivity contribution in [1.82, 2.24) is 4.90 Å². The van der Waals surface area contributed by atoms with E-state index in [0.717, 1.165) is 4.90 Å². The van der Waals surface area contributed by atoms with Crippen molar-refractivity contribution in [2.45, 2.75) is 6.30 Å². The van der Waals surface area contributed by atoms with Gasteiger partial charge in [-0.1, -0.05) is 6.58 Å². The zero-order valence-corrected chi connectivity index (χ0v) is 4.99. The Morgan fingerprint density at radius 3 is 2.00 bits per heavy atom. The highest BCUT2D eigenvalue weighted by molar-refractivity contribution is 4.87. The van der Waals surface area contributed by atoms with Crippen molar-refractivity contribution in [2.24, 2.45) is 0 Å². The number of nitrogens with zero attached hydrogens (tertiary/aromatic N) is 1. The van der Waals surface area contributed by atoms with Crippen molar-refractivity contribution in [3.05, 3.63) is 12.4 Å². The third kappa shape index (κ3) is 2.02. The Morgan fingerprint density at radius 1 is 1.62 bits per heavy atom. The van der Waals surface area contributed by atoms with Gasteiger partial charge in [-0.3, -0.25) is 4.90 Å². The Hall–Kier alpha value is -0.440. The smallest absolute Gasteiger partial charge is 0.204 e. The first kappa shape index (κ1) is 7.56. The molecule has 0 spiro atoms. The third-order valence-corrected chi connectivity index (χ3v) is 0.712. The second-order valence-electron chi connectivity index (χ2n) is 1.75. The number of rotatable bonds is 2. The van der Waals surface area contributed by atoms with Crippen LogP contribution in [0.25, 0.3) is 0 Å². The molecule has 0 fully saturated rings. The summed E-state index contributed by atoms with van der Waals surface area (Å²) in [6, 6.07) is 0. The molecule has 0 rings (SSSR count). The van der Waals surface area contributed by atoms with E-state index in [9.17, 15) is 8.78 Å². The maximum absolute atomic E-state index is 12.1. The lowest BCUT2D eigenvalue weighted by atomic mass is 10.5. The highest BCUT2D eigenvalue weighted by atomic mass is 19.2. The third-order valence-electron chi connectivity index (χ3n) is 0.712. The van der Waals surface area contributed by atoms with Crippen LogP contribution in [0, 0.1) is 0 Å². The molecule has 0 aliphatic rings. The van der Waals surface area contributed by atoms with Gasteiger partial charge in [-0.05, 0) is 14.1 Å². The van der Waals surface area contributed by atoms with Crippen molar-refractivity contribution in [3.63, 3.8) is 0 Å². The highest BCUT2D eigenvalue weighted by Gasteiger charge is 2.11. The topological polar surface area (TPSA) is 3.24 Å². The molecule has 0 bridgehead atoms. The van der Waals surface area contributed by atoms with Crippen molar-refractivity contribution in [2.75, 3.05) is 14.1 Å². The lowest BCUT2D eigenvalue weighted by Crippen LogP contribution is -2.23. The lowest BCUT2D eigenvalue weighted by molar-refractivity contribution is 0.148. The van der Waals surface area contributed by atoms with Gasteiger partial charge in [0, 0.05) is 0 Å². The quantitative estimate of drug-likeness (QED) is 0.498. The molecule has 0 N–H and O–H groups in total. The van der Waals surface area contributed by atoms with Gasteiger partial charge >= 0.3 is 0 Å². The van der Waals surface area contributed by atoms with Gasteiger partial charge < -0.3 is 0 Å². The van der Waals surface area contributed by atoms with Crippen molar-refractivity contribution in [1.29, 1.82) is 0 Å². The zero-order chi connectivity index (χ0) is 6.73. The maximum Gasteiger partial charge on any atom is 0.204 e. The summed E-state index contributed by atoms with van der Waals surface area (Å²) in [4.78, 5) is 1.10. The van der Waals surface area contributed by atoms with Crippen LogP contribution in [0.5, 0.6) is 0 Å². The van der Waals surface area contributed by atoms with E-state index in [1.54, 1.807) is 0 Å². The second-order valence-corrected chi connectivity index (χ2v) is 1.75. The zero-order valence-electron chi connectivity index (χ0n) is 4.99. The molecule has 48 valence electrons. The van der Waals surface area contributed by atoms with E-state index in [1.807, 2.05) is 0 Å². The van der Waals surface area contributed by atoms with Gasteiger partial charge in [0.1, 0.15) is 5.83 Å². The normalized spacial score (nSPS) is 14.1. The van der Waals surface area contributed by atoms with Gasteiger partial charge in [0.05, 0.1) is 0 Å². The summed E-state index contributed by atoms with van der Waals surface area (Å²) >= 11 is 0. The molecule has 0 amide bonds.